The van der Waals surface area contributed by atoms with Crippen molar-refractivity contribution in [1.82, 2.24) is 0 Å². The van der Waals surface area contributed by atoms with Gasteiger partial charge in [0.2, 0.25) is 0 Å². The van der Waals surface area contributed by atoms with Gasteiger partial charge in [0.15, 0.2) is 5.78 Å². The fourth-order valence-electron chi connectivity index (χ4n) is 2.66. The maximum Gasteiger partial charge on any atom is 0.254 e. The second-order valence-corrected chi connectivity index (χ2v) is 6.05. The van der Waals surface area contributed by atoms with Gasteiger partial charge in [-0.2, -0.15) is 0 Å². The van der Waals surface area contributed by atoms with Crippen molar-refractivity contribution < 1.29 is 13.9 Å². The van der Waals surface area contributed by atoms with Crippen LogP contribution in [0.5, 0.6) is 5.75 Å². The van der Waals surface area contributed by atoms with Crippen LogP contribution in [0.2, 0.25) is 0 Å². The van der Waals surface area contributed by atoms with Gasteiger partial charge in [-0.05, 0) is 25.0 Å². The summed E-state index contributed by atoms with van der Waals surface area (Å²) in [6.45, 7) is 10.4. The monoisotopic (exact) mass is 289 g/mol. The van der Waals surface area contributed by atoms with Gasteiger partial charge in [-0.15, -0.1) is 0 Å². The minimum Gasteiger partial charge on any atom is -0.486 e. The fraction of sp³-hybridized carbons (Fsp3) is 0.529. The molecule has 1 aliphatic carbocycles. The zero-order chi connectivity index (χ0) is 15.5. The van der Waals surface area contributed by atoms with Crippen LogP contribution in [0.25, 0.3) is 4.85 Å². The smallest absolute Gasteiger partial charge is 0.254 e. The molecule has 0 spiro atoms. The number of benzene rings is 1. The quantitative estimate of drug-likeness (QED) is 0.763. The third kappa shape index (κ3) is 3.60. The van der Waals surface area contributed by atoms with E-state index < -0.39 is 11.4 Å². The van der Waals surface area contributed by atoms with E-state index in [4.69, 9.17) is 11.3 Å². The molecule has 0 bridgehead atoms. The molecule has 1 aromatic rings. The average Bonchev–Trinajstić information content (AvgIpc) is 2.98. The Labute approximate surface area is 124 Å². The van der Waals surface area contributed by atoms with E-state index in [0.29, 0.717) is 11.3 Å². The molecular weight excluding hydrogens is 269 g/mol. The normalized spacial score (nSPS) is 15.7. The van der Waals surface area contributed by atoms with Gasteiger partial charge in [-0.1, -0.05) is 12.8 Å². The highest BCUT2D eigenvalue weighted by Gasteiger charge is 2.30. The van der Waals surface area contributed by atoms with Crippen molar-refractivity contribution in [2.45, 2.75) is 45.1 Å². The molecule has 4 heteroatoms. The lowest BCUT2D eigenvalue weighted by Gasteiger charge is -2.14. The molecule has 0 unspecified atom stereocenters. The summed E-state index contributed by atoms with van der Waals surface area (Å²) in [6.07, 6.45) is 4.08. The number of halogens is 1. The van der Waals surface area contributed by atoms with Gasteiger partial charge < -0.3 is 9.58 Å². The molecule has 21 heavy (non-hydrogen) atoms. The van der Waals surface area contributed by atoms with Crippen LogP contribution in [0.15, 0.2) is 18.2 Å². The molecule has 2 rings (SSSR count). The van der Waals surface area contributed by atoms with Crippen LogP contribution >= 0.6 is 0 Å². The number of Topliss-reactive ketones (excluding diaryl/α,β-unsaturated/α-hetero) is 1. The zero-order valence-electron chi connectivity index (χ0n) is 12.5. The Morgan fingerprint density at radius 3 is 2.67 bits per heavy atom. The molecule has 3 nitrogen and oxygen atoms in total. The van der Waals surface area contributed by atoms with Crippen molar-refractivity contribution in [2.24, 2.45) is 5.92 Å². The predicted molar refractivity (Wildman–Crippen MR) is 78.5 cm³/mol. The van der Waals surface area contributed by atoms with Crippen LogP contribution in [0, 0.1) is 18.3 Å². The third-order valence-corrected chi connectivity index (χ3v) is 4.07. The van der Waals surface area contributed by atoms with E-state index in [0.717, 1.165) is 25.7 Å². The lowest BCUT2D eigenvalue weighted by atomic mass is 9.95. The lowest BCUT2D eigenvalue weighted by Crippen LogP contribution is -2.19. The van der Waals surface area contributed by atoms with Crippen LogP contribution in [0.3, 0.4) is 0 Å². The number of carbonyl (C=O) groups excluding carboxylic acids is 1. The van der Waals surface area contributed by atoms with Gasteiger partial charge in [0.05, 0.1) is 5.56 Å². The molecular formula is C17H20FNO2. The second-order valence-electron chi connectivity index (χ2n) is 6.05. The van der Waals surface area contributed by atoms with Gasteiger partial charge in [0, 0.05) is 25.8 Å². The number of hydrogen-bond donors (Lipinski definition) is 0. The lowest BCUT2D eigenvalue weighted by molar-refractivity contribution is -0.124. The van der Waals surface area contributed by atoms with Gasteiger partial charge in [-0.25, -0.2) is 11.0 Å². The van der Waals surface area contributed by atoms with E-state index in [1.807, 2.05) is 0 Å². The highest BCUT2D eigenvalue weighted by atomic mass is 19.1. The number of carbonyl (C=O) groups is 1. The summed E-state index contributed by atoms with van der Waals surface area (Å²) in [5, 5.41) is 0. The van der Waals surface area contributed by atoms with Gasteiger partial charge >= 0.3 is 0 Å². The van der Waals surface area contributed by atoms with E-state index >= 15 is 0 Å². The van der Waals surface area contributed by atoms with Crippen molar-refractivity contribution in [3.05, 3.63) is 41.0 Å². The first-order chi connectivity index (χ1) is 9.94. The third-order valence-electron chi connectivity index (χ3n) is 4.07. The number of hydrogen-bond acceptors (Lipinski definition) is 2. The minimum atomic E-state index is -0.901. The van der Waals surface area contributed by atoms with Crippen molar-refractivity contribution >= 4 is 5.78 Å². The van der Waals surface area contributed by atoms with Crippen molar-refractivity contribution in [3.8, 4) is 5.75 Å². The van der Waals surface area contributed by atoms with Crippen LogP contribution in [0.4, 0.5) is 4.39 Å². The largest absolute Gasteiger partial charge is 0.486 e. The molecule has 0 heterocycles. The number of ether oxygens (including phenoxy) is 1. The Bertz CT molecular complexity index is 569. The van der Waals surface area contributed by atoms with Crippen molar-refractivity contribution in [1.29, 1.82) is 0 Å². The molecule has 1 saturated carbocycles. The maximum atomic E-state index is 14.0. The first kappa shape index (κ1) is 15.5. The fourth-order valence-corrected chi connectivity index (χ4v) is 2.66. The Balaban J connectivity index is 2.01. The summed E-state index contributed by atoms with van der Waals surface area (Å²) in [6, 6.07) is 4.43. The van der Waals surface area contributed by atoms with E-state index in [1.165, 1.54) is 6.07 Å². The number of nitrogens with zero attached hydrogens (tertiary/aromatic N) is 1. The first-order valence-corrected chi connectivity index (χ1v) is 7.28. The van der Waals surface area contributed by atoms with E-state index in [9.17, 15) is 9.18 Å². The van der Waals surface area contributed by atoms with Gasteiger partial charge in [0.1, 0.15) is 18.2 Å². The maximum absolute atomic E-state index is 14.0. The SMILES string of the molecule is [C-]#[N+]C(C)(C)c1ccc(OCC(=O)C2CCCC2)cc1F. The first-order valence-electron chi connectivity index (χ1n) is 7.28. The van der Waals surface area contributed by atoms with Crippen molar-refractivity contribution in [3.63, 3.8) is 0 Å². The Kier molecular flexibility index (Phi) is 4.62. The molecule has 112 valence electrons. The highest BCUT2D eigenvalue weighted by Crippen LogP contribution is 2.30. The minimum absolute atomic E-state index is 0.00430. The predicted octanol–water partition coefficient (Wildman–Crippen LogP) is 4.12. The summed E-state index contributed by atoms with van der Waals surface area (Å²) in [5.74, 6) is 0.0684. The molecule has 0 aromatic heterocycles. The van der Waals surface area contributed by atoms with Crippen LogP contribution in [0.1, 0.15) is 45.1 Å². The molecule has 0 aliphatic heterocycles. The van der Waals surface area contributed by atoms with E-state index in [-0.39, 0.29) is 18.3 Å². The van der Waals surface area contributed by atoms with Gasteiger partial charge in [-0.3, -0.25) is 4.79 Å². The molecule has 0 saturated heterocycles. The van der Waals surface area contributed by atoms with E-state index in [1.54, 1.807) is 26.0 Å². The molecule has 0 radical (unpaired) electrons. The average molecular weight is 289 g/mol. The summed E-state index contributed by atoms with van der Waals surface area (Å²) >= 11 is 0. The zero-order valence-corrected chi connectivity index (χ0v) is 12.5. The number of ketones is 1. The molecule has 0 N–H and O–H groups in total. The summed E-state index contributed by atoms with van der Waals surface area (Å²) in [5.41, 5.74) is -0.561. The van der Waals surface area contributed by atoms with Crippen LogP contribution in [-0.2, 0) is 10.3 Å². The van der Waals surface area contributed by atoms with Crippen molar-refractivity contribution in [2.75, 3.05) is 6.61 Å². The Morgan fingerprint density at radius 1 is 1.43 bits per heavy atom. The number of rotatable bonds is 5. The van der Waals surface area contributed by atoms with E-state index in [2.05, 4.69) is 4.85 Å². The van der Waals surface area contributed by atoms with Crippen LogP contribution in [-0.4, -0.2) is 12.4 Å². The van der Waals surface area contributed by atoms with Crippen LogP contribution < -0.4 is 4.74 Å². The van der Waals surface area contributed by atoms with Gasteiger partial charge in [0.25, 0.3) is 5.54 Å². The summed E-state index contributed by atoms with van der Waals surface area (Å²) < 4.78 is 19.4. The summed E-state index contributed by atoms with van der Waals surface area (Å²) in [7, 11) is 0. The molecule has 0 amide bonds. The highest BCUT2D eigenvalue weighted by molar-refractivity contribution is 5.82. The molecule has 1 fully saturated rings. The Hall–Kier alpha value is -1.89. The standard InChI is InChI=1S/C17H20FNO2/c1-17(2,19-3)14-9-8-13(10-15(14)18)21-11-16(20)12-6-4-5-7-12/h8-10,12H,4-7,11H2,1-2H3. The molecule has 1 aliphatic rings. The Morgan fingerprint density at radius 2 is 2.10 bits per heavy atom. The topological polar surface area (TPSA) is 30.7 Å². The molecule has 1 aromatic carbocycles. The summed E-state index contributed by atoms with van der Waals surface area (Å²) in [4.78, 5) is 15.3. The molecule has 0 atom stereocenters. The second kappa shape index (κ2) is 6.26.